The second kappa shape index (κ2) is 5.13. The van der Waals surface area contributed by atoms with Crippen LogP contribution in [0.5, 0.6) is 11.5 Å². The van der Waals surface area contributed by atoms with Crippen LogP contribution in [0.2, 0.25) is 0 Å². The van der Waals surface area contributed by atoms with Gasteiger partial charge in [-0.3, -0.25) is 0 Å². The maximum Gasteiger partial charge on any atom is 0.127 e. The highest BCUT2D eigenvalue weighted by Gasteiger charge is 2.26. The van der Waals surface area contributed by atoms with Crippen molar-refractivity contribution in [2.24, 2.45) is 0 Å². The molecular weight excluding hydrogens is 257 g/mol. The second-order valence-corrected chi connectivity index (χ2v) is 5.00. The topological polar surface area (TPSA) is 41.5 Å². The zero-order valence-corrected chi connectivity index (χ0v) is 11.1. The lowest BCUT2D eigenvalue weighted by atomic mass is 10.0. The van der Waals surface area contributed by atoms with Gasteiger partial charge < -0.3 is 15.2 Å². The number of ether oxygens (including phenoxy) is 1. The van der Waals surface area contributed by atoms with Crippen molar-refractivity contribution in [2.45, 2.75) is 19.0 Å². The number of phenolic OH excluding ortho intramolecular Hbond substituents is 1. The molecule has 1 heterocycles. The van der Waals surface area contributed by atoms with Crippen LogP contribution in [-0.4, -0.2) is 11.7 Å². The van der Waals surface area contributed by atoms with Crippen LogP contribution in [0.3, 0.4) is 0 Å². The van der Waals surface area contributed by atoms with E-state index >= 15 is 0 Å². The van der Waals surface area contributed by atoms with Crippen LogP contribution < -0.4 is 10.1 Å². The largest absolute Gasteiger partial charge is 0.508 e. The van der Waals surface area contributed by atoms with Gasteiger partial charge in [-0.1, -0.05) is 18.2 Å². The van der Waals surface area contributed by atoms with E-state index in [1.54, 1.807) is 24.3 Å². The standard InChI is InChI=1S/C16H16FNO2/c1-10(12-4-2-3-5-14(12)17)18-15-9-20-16-8-11(19)6-7-13(15)16/h2-8,10,15,18-19H,9H2,1H3. The van der Waals surface area contributed by atoms with Crippen LogP contribution in [0.15, 0.2) is 42.5 Å². The Balaban J connectivity index is 1.79. The monoisotopic (exact) mass is 273 g/mol. The molecule has 0 bridgehead atoms. The first-order valence-corrected chi connectivity index (χ1v) is 6.61. The van der Waals surface area contributed by atoms with Crippen molar-refractivity contribution in [3.05, 3.63) is 59.4 Å². The molecule has 1 aliphatic heterocycles. The normalized spacial score (nSPS) is 18.4. The quantitative estimate of drug-likeness (QED) is 0.901. The van der Waals surface area contributed by atoms with Crippen molar-refractivity contribution in [3.8, 4) is 11.5 Å². The van der Waals surface area contributed by atoms with Crippen molar-refractivity contribution in [1.29, 1.82) is 0 Å². The van der Waals surface area contributed by atoms with E-state index in [2.05, 4.69) is 5.32 Å². The smallest absolute Gasteiger partial charge is 0.127 e. The summed E-state index contributed by atoms with van der Waals surface area (Å²) < 4.78 is 19.3. The van der Waals surface area contributed by atoms with Gasteiger partial charge in [0, 0.05) is 23.2 Å². The number of phenols is 1. The SMILES string of the molecule is CC(NC1COc2cc(O)ccc21)c1ccccc1F. The van der Waals surface area contributed by atoms with Crippen LogP contribution in [0.4, 0.5) is 4.39 Å². The number of benzene rings is 2. The van der Waals surface area contributed by atoms with E-state index in [0.717, 1.165) is 5.56 Å². The van der Waals surface area contributed by atoms with Gasteiger partial charge in [-0.25, -0.2) is 4.39 Å². The highest BCUT2D eigenvalue weighted by molar-refractivity contribution is 5.44. The molecule has 0 radical (unpaired) electrons. The molecule has 2 atom stereocenters. The molecule has 2 unspecified atom stereocenters. The third-order valence-corrected chi connectivity index (χ3v) is 3.60. The molecule has 2 aromatic carbocycles. The molecular formula is C16H16FNO2. The van der Waals surface area contributed by atoms with E-state index in [1.807, 2.05) is 19.1 Å². The number of nitrogens with one attached hydrogen (secondary N) is 1. The van der Waals surface area contributed by atoms with Gasteiger partial charge in [-0.15, -0.1) is 0 Å². The summed E-state index contributed by atoms with van der Waals surface area (Å²) in [6, 6.07) is 11.7. The predicted molar refractivity (Wildman–Crippen MR) is 74.3 cm³/mol. The molecule has 0 aliphatic carbocycles. The lowest BCUT2D eigenvalue weighted by Crippen LogP contribution is -2.26. The Bertz CT molecular complexity index is 630. The second-order valence-electron chi connectivity index (χ2n) is 5.00. The van der Waals surface area contributed by atoms with Gasteiger partial charge in [0.2, 0.25) is 0 Å². The van der Waals surface area contributed by atoms with E-state index in [0.29, 0.717) is 17.9 Å². The van der Waals surface area contributed by atoms with Gasteiger partial charge in [-0.2, -0.15) is 0 Å². The van der Waals surface area contributed by atoms with Crippen molar-refractivity contribution >= 4 is 0 Å². The predicted octanol–water partition coefficient (Wildman–Crippen LogP) is 3.32. The Morgan fingerprint density at radius 2 is 2.10 bits per heavy atom. The number of halogens is 1. The number of rotatable bonds is 3. The van der Waals surface area contributed by atoms with Gasteiger partial charge in [-0.05, 0) is 25.1 Å². The minimum absolute atomic E-state index is 0.000191. The third-order valence-electron chi connectivity index (χ3n) is 3.60. The summed E-state index contributed by atoms with van der Waals surface area (Å²) in [5.41, 5.74) is 1.63. The molecule has 2 aromatic rings. The molecule has 0 saturated heterocycles. The van der Waals surface area contributed by atoms with E-state index in [-0.39, 0.29) is 23.7 Å². The van der Waals surface area contributed by atoms with Gasteiger partial charge in [0.05, 0.1) is 6.04 Å². The summed E-state index contributed by atoms with van der Waals surface area (Å²) in [5.74, 6) is 0.659. The Morgan fingerprint density at radius 1 is 1.30 bits per heavy atom. The Morgan fingerprint density at radius 3 is 2.90 bits per heavy atom. The zero-order valence-electron chi connectivity index (χ0n) is 11.1. The van der Waals surface area contributed by atoms with Gasteiger partial charge in [0.15, 0.2) is 0 Å². The van der Waals surface area contributed by atoms with Crippen LogP contribution in [0, 0.1) is 5.82 Å². The Labute approximate surface area is 117 Å². The van der Waals surface area contributed by atoms with E-state index in [9.17, 15) is 9.50 Å². The van der Waals surface area contributed by atoms with Gasteiger partial charge in [0.1, 0.15) is 23.9 Å². The van der Waals surface area contributed by atoms with Crippen molar-refractivity contribution in [1.82, 2.24) is 5.32 Å². The molecule has 3 nitrogen and oxygen atoms in total. The van der Waals surface area contributed by atoms with Crippen molar-refractivity contribution in [2.75, 3.05) is 6.61 Å². The summed E-state index contributed by atoms with van der Waals surface area (Å²) in [5, 5.41) is 12.8. The average molecular weight is 273 g/mol. The number of hydrogen-bond acceptors (Lipinski definition) is 3. The maximum absolute atomic E-state index is 13.8. The van der Waals surface area contributed by atoms with Crippen LogP contribution in [0.25, 0.3) is 0 Å². The molecule has 1 aliphatic rings. The highest BCUT2D eigenvalue weighted by atomic mass is 19.1. The highest BCUT2D eigenvalue weighted by Crippen LogP contribution is 2.36. The summed E-state index contributed by atoms with van der Waals surface area (Å²) in [7, 11) is 0. The fourth-order valence-electron chi connectivity index (χ4n) is 2.55. The van der Waals surface area contributed by atoms with Crippen LogP contribution >= 0.6 is 0 Å². The summed E-state index contributed by atoms with van der Waals surface area (Å²) >= 11 is 0. The zero-order chi connectivity index (χ0) is 14.1. The van der Waals surface area contributed by atoms with E-state index in [1.165, 1.54) is 6.07 Å². The van der Waals surface area contributed by atoms with Crippen molar-refractivity contribution < 1.29 is 14.2 Å². The molecule has 4 heteroatoms. The first kappa shape index (κ1) is 12.9. The average Bonchev–Trinajstić information content (AvgIpc) is 2.81. The van der Waals surface area contributed by atoms with E-state index in [4.69, 9.17) is 4.74 Å². The minimum atomic E-state index is -0.211. The first-order chi connectivity index (χ1) is 9.65. The number of hydrogen-bond donors (Lipinski definition) is 2. The summed E-state index contributed by atoms with van der Waals surface area (Å²) in [6.45, 7) is 2.41. The summed E-state index contributed by atoms with van der Waals surface area (Å²) in [4.78, 5) is 0. The molecule has 0 fully saturated rings. The number of aromatic hydroxyl groups is 1. The molecule has 0 saturated carbocycles. The molecule has 2 N–H and O–H groups in total. The minimum Gasteiger partial charge on any atom is -0.508 e. The fraction of sp³-hybridized carbons (Fsp3) is 0.250. The molecule has 104 valence electrons. The molecule has 3 rings (SSSR count). The third kappa shape index (κ3) is 2.34. The first-order valence-electron chi connectivity index (χ1n) is 6.61. The Kier molecular flexibility index (Phi) is 3.32. The van der Waals surface area contributed by atoms with E-state index < -0.39 is 0 Å². The van der Waals surface area contributed by atoms with Gasteiger partial charge in [0.25, 0.3) is 0 Å². The van der Waals surface area contributed by atoms with Gasteiger partial charge >= 0.3 is 0 Å². The van der Waals surface area contributed by atoms with Crippen molar-refractivity contribution in [3.63, 3.8) is 0 Å². The molecule has 0 spiro atoms. The Hall–Kier alpha value is -2.07. The number of fused-ring (bicyclic) bond motifs is 1. The molecule has 20 heavy (non-hydrogen) atoms. The fourth-order valence-corrected chi connectivity index (χ4v) is 2.55. The summed E-state index contributed by atoms with van der Waals surface area (Å²) in [6.07, 6.45) is 0. The van der Waals surface area contributed by atoms with Crippen LogP contribution in [-0.2, 0) is 0 Å². The lowest BCUT2D eigenvalue weighted by molar-refractivity contribution is 0.299. The lowest BCUT2D eigenvalue weighted by Gasteiger charge is -2.19. The van der Waals surface area contributed by atoms with Crippen LogP contribution in [0.1, 0.15) is 30.1 Å². The maximum atomic E-state index is 13.8. The molecule has 0 aromatic heterocycles. The molecule has 0 amide bonds.